The zero-order valence-electron chi connectivity index (χ0n) is 10.7. The molecule has 0 rings (SSSR count). The number of ether oxygens (including phenoxy) is 1. The average molecular weight is 252 g/mol. The summed E-state index contributed by atoms with van der Waals surface area (Å²) in [5, 5.41) is 3.07. The van der Waals surface area contributed by atoms with Crippen molar-refractivity contribution in [3.8, 4) is 0 Å². The van der Waals surface area contributed by atoms with Gasteiger partial charge in [0.05, 0.1) is 12.4 Å². The molecule has 0 fully saturated rings. The molecule has 0 saturated heterocycles. The van der Waals surface area contributed by atoms with Crippen LogP contribution in [0.25, 0.3) is 0 Å². The second kappa shape index (κ2) is 7.21. The van der Waals surface area contributed by atoms with Crippen molar-refractivity contribution in [3.05, 3.63) is 0 Å². The minimum atomic E-state index is -3.15. The summed E-state index contributed by atoms with van der Waals surface area (Å²) in [4.78, 5) is 0. The first-order valence-corrected chi connectivity index (χ1v) is 7.09. The van der Waals surface area contributed by atoms with Crippen LogP contribution in [-0.4, -0.2) is 47.5 Å². The smallest absolute Gasteiger partial charge is 0.212 e. The van der Waals surface area contributed by atoms with E-state index in [1.165, 1.54) is 0 Å². The van der Waals surface area contributed by atoms with Gasteiger partial charge in [0.1, 0.15) is 0 Å². The first-order chi connectivity index (χ1) is 7.27. The summed E-state index contributed by atoms with van der Waals surface area (Å²) in [5.74, 6) is 0.151. The van der Waals surface area contributed by atoms with Crippen LogP contribution in [0.15, 0.2) is 0 Å². The van der Waals surface area contributed by atoms with Gasteiger partial charge in [-0.2, -0.15) is 0 Å². The third kappa shape index (κ3) is 10.4. The topological polar surface area (TPSA) is 67.4 Å². The fourth-order valence-electron chi connectivity index (χ4n) is 1.22. The monoisotopic (exact) mass is 252 g/mol. The number of nitrogens with one attached hydrogen (secondary N) is 2. The molecular weight excluding hydrogens is 228 g/mol. The molecule has 0 aromatic heterocycles. The summed E-state index contributed by atoms with van der Waals surface area (Å²) < 4.78 is 30.6. The lowest BCUT2D eigenvalue weighted by Crippen LogP contribution is -2.37. The third-order valence-corrected chi connectivity index (χ3v) is 3.62. The van der Waals surface area contributed by atoms with Crippen molar-refractivity contribution in [2.24, 2.45) is 5.41 Å². The highest BCUT2D eigenvalue weighted by Gasteiger charge is 2.20. The molecule has 0 unspecified atom stereocenters. The molecule has 0 aliphatic rings. The van der Waals surface area contributed by atoms with Crippen molar-refractivity contribution in [2.45, 2.75) is 20.8 Å². The molecule has 0 bridgehead atoms. The summed E-state index contributed by atoms with van der Waals surface area (Å²) in [6.45, 7) is 8.12. The maximum atomic E-state index is 11.6. The lowest BCUT2D eigenvalue weighted by molar-refractivity contribution is 0.199. The van der Waals surface area contributed by atoms with Gasteiger partial charge in [0, 0.05) is 26.7 Å². The molecule has 0 radical (unpaired) electrons. The van der Waals surface area contributed by atoms with E-state index in [2.05, 4.69) is 10.0 Å². The second-order valence-corrected chi connectivity index (χ2v) is 6.76. The van der Waals surface area contributed by atoms with Gasteiger partial charge >= 0.3 is 0 Å². The van der Waals surface area contributed by atoms with Crippen LogP contribution in [0.2, 0.25) is 0 Å². The Kier molecular flexibility index (Phi) is 7.14. The van der Waals surface area contributed by atoms with Crippen molar-refractivity contribution >= 4 is 10.0 Å². The number of hydrogen-bond acceptors (Lipinski definition) is 4. The molecule has 0 amide bonds. The molecule has 2 N–H and O–H groups in total. The van der Waals surface area contributed by atoms with Gasteiger partial charge in [-0.15, -0.1) is 0 Å². The first kappa shape index (κ1) is 15.8. The SMILES string of the molecule is COCCNCCNS(=O)(=O)CC(C)(C)C. The van der Waals surface area contributed by atoms with E-state index >= 15 is 0 Å². The molecule has 98 valence electrons. The van der Waals surface area contributed by atoms with E-state index in [1.54, 1.807) is 7.11 Å². The number of hydrogen-bond donors (Lipinski definition) is 2. The van der Waals surface area contributed by atoms with E-state index in [4.69, 9.17) is 4.74 Å². The maximum Gasteiger partial charge on any atom is 0.212 e. The van der Waals surface area contributed by atoms with Crippen molar-refractivity contribution in [1.82, 2.24) is 10.0 Å². The molecule has 0 aromatic carbocycles. The van der Waals surface area contributed by atoms with Gasteiger partial charge in [0.15, 0.2) is 0 Å². The minimum absolute atomic E-state index is 0.151. The molecule has 16 heavy (non-hydrogen) atoms. The fourth-order valence-corrected chi connectivity index (χ4v) is 2.87. The Bertz CT molecular complexity index is 270. The predicted molar refractivity (Wildman–Crippen MR) is 66.0 cm³/mol. The second-order valence-electron chi connectivity index (χ2n) is 4.96. The summed E-state index contributed by atoms with van der Waals surface area (Å²) in [6.07, 6.45) is 0. The van der Waals surface area contributed by atoms with Crippen molar-refractivity contribution < 1.29 is 13.2 Å². The van der Waals surface area contributed by atoms with E-state index in [0.29, 0.717) is 19.7 Å². The number of methoxy groups -OCH3 is 1. The average Bonchev–Trinajstić information content (AvgIpc) is 2.06. The quantitative estimate of drug-likeness (QED) is 0.605. The van der Waals surface area contributed by atoms with Crippen molar-refractivity contribution in [1.29, 1.82) is 0 Å². The van der Waals surface area contributed by atoms with Gasteiger partial charge in [0.25, 0.3) is 0 Å². The highest BCUT2D eigenvalue weighted by atomic mass is 32.2. The molecule has 0 saturated carbocycles. The lowest BCUT2D eigenvalue weighted by atomic mass is 10.0. The molecule has 0 heterocycles. The maximum absolute atomic E-state index is 11.6. The molecular formula is C10H24N2O3S. The molecule has 0 aliphatic carbocycles. The van der Waals surface area contributed by atoms with Gasteiger partial charge in [0.2, 0.25) is 10.0 Å². The van der Waals surface area contributed by atoms with Gasteiger partial charge in [-0.1, -0.05) is 20.8 Å². The highest BCUT2D eigenvalue weighted by Crippen LogP contribution is 2.14. The van der Waals surface area contributed by atoms with Crippen molar-refractivity contribution in [3.63, 3.8) is 0 Å². The van der Waals surface area contributed by atoms with Gasteiger partial charge in [-0.05, 0) is 5.41 Å². The van der Waals surface area contributed by atoms with E-state index in [-0.39, 0.29) is 11.2 Å². The van der Waals surface area contributed by atoms with E-state index in [1.807, 2.05) is 20.8 Å². The Balaban J connectivity index is 3.68. The van der Waals surface area contributed by atoms with Gasteiger partial charge in [-0.25, -0.2) is 13.1 Å². The molecule has 0 atom stereocenters. The normalized spacial score (nSPS) is 13.0. The third-order valence-electron chi connectivity index (χ3n) is 1.73. The fraction of sp³-hybridized carbons (Fsp3) is 1.00. The first-order valence-electron chi connectivity index (χ1n) is 5.44. The summed E-state index contributed by atoms with van der Waals surface area (Å²) >= 11 is 0. The standard InChI is InChI=1S/C10H24N2O3S/c1-10(2,3)9-16(13,14)12-6-5-11-7-8-15-4/h11-12H,5-9H2,1-4H3. The zero-order valence-corrected chi connectivity index (χ0v) is 11.5. The minimum Gasteiger partial charge on any atom is -0.383 e. The van der Waals surface area contributed by atoms with E-state index in [9.17, 15) is 8.42 Å². The molecule has 5 nitrogen and oxygen atoms in total. The Morgan fingerprint density at radius 3 is 2.25 bits per heavy atom. The van der Waals surface area contributed by atoms with Crippen LogP contribution in [-0.2, 0) is 14.8 Å². The van der Waals surface area contributed by atoms with Gasteiger partial charge in [-0.3, -0.25) is 0 Å². The summed E-state index contributed by atoms with van der Waals surface area (Å²) in [7, 11) is -1.52. The Labute approximate surface area is 99.0 Å². The van der Waals surface area contributed by atoms with Crippen LogP contribution in [0.4, 0.5) is 0 Å². The van der Waals surface area contributed by atoms with E-state index < -0.39 is 10.0 Å². The highest BCUT2D eigenvalue weighted by molar-refractivity contribution is 7.89. The number of sulfonamides is 1. The predicted octanol–water partition coefficient (Wildman–Crippen LogP) is 0.188. The van der Waals surface area contributed by atoms with Crippen LogP contribution >= 0.6 is 0 Å². The van der Waals surface area contributed by atoms with Gasteiger partial charge < -0.3 is 10.1 Å². The Morgan fingerprint density at radius 2 is 1.75 bits per heavy atom. The molecule has 0 spiro atoms. The van der Waals surface area contributed by atoms with E-state index in [0.717, 1.165) is 6.54 Å². The van der Waals surface area contributed by atoms with Crippen molar-refractivity contribution in [2.75, 3.05) is 39.1 Å². The zero-order chi connectivity index (χ0) is 12.7. The Hall–Kier alpha value is -0.170. The van der Waals surface area contributed by atoms with Crippen LogP contribution in [0.5, 0.6) is 0 Å². The molecule has 0 aliphatic heterocycles. The summed E-state index contributed by atoms with van der Waals surface area (Å²) in [6, 6.07) is 0. The Morgan fingerprint density at radius 1 is 1.12 bits per heavy atom. The molecule has 6 heteroatoms. The van der Waals surface area contributed by atoms with Crippen LogP contribution < -0.4 is 10.0 Å². The van der Waals surface area contributed by atoms with Crippen LogP contribution in [0.1, 0.15) is 20.8 Å². The molecule has 0 aromatic rings. The van der Waals surface area contributed by atoms with Crippen LogP contribution in [0, 0.1) is 5.41 Å². The lowest BCUT2D eigenvalue weighted by Gasteiger charge is -2.18. The van der Waals surface area contributed by atoms with Crippen LogP contribution in [0.3, 0.4) is 0 Å². The largest absolute Gasteiger partial charge is 0.383 e. The summed E-state index contributed by atoms with van der Waals surface area (Å²) in [5.41, 5.74) is -0.213. The number of rotatable bonds is 8.